The SMILES string of the molecule is CNC1CCC(C(C)C)CC1Cc1ccccc1. The summed E-state index contributed by atoms with van der Waals surface area (Å²) in [6.07, 6.45) is 5.36. The van der Waals surface area contributed by atoms with Crippen molar-refractivity contribution in [2.24, 2.45) is 17.8 Å². The topological polar surface area (TPSA) is 12.0 Å². The van der Waals surface area contributed by atoms with Crippen molar-refractivity contribution in [2.45, 2.75) is 45.6 Å². The molecule has 0 spiro atoms. The summed E-state index contributed by atoms with van der Waals surface area (Å²) in [5.74, 6) is 2.56. The number of hydrogen-bond donors (Lipinski definition) is 1. The minimum absolute atomic E-state index is 0.709. The molecule has 1 fully saturated rings. The highest BCUT2D eigenvalue weighted by Crippen LogP contribution is 2.35. The molecule has 1 N–H and O–H groups in total. The lowest BCUT2D eigenvalue weighted by molar-refractivity contribution is 0.173. The quantitative estimate of drug-likeness (QED) is 0.848. The number of benzene rings is 1. The first-order valence-corrected chi connectivity index (χ1v) is 7.42. The van der Waals surface area contributed by atoms with Crippen molar-refractivity contribution in [3.8, 4) is 0 Å². The van der Waals surface area contributed by atoms with Crippen LogP contribution in [0.25, 0.3) is 0 Å². The lowest BCUT2D eigenvalue weighted by Crippen LogP contribution is -2.40. The first-order chi connectivity index (χ1) is 8.70. The van der Waals surface area contributed by atoms with Crippen LogP contribution < -0.4 is 5.32 Å². The second-order valence-electron chi connectivity index (χ2n) is 6.16. The Labute approximate surface area is 112 Å². The van der Waals surface area contributed by atoms with Gasteiger partial charge in [-0.15, -0.1) is 0 Å². The van der Waals surface area contributed by atoms with Gasteiger partial charge in [-0.25, -0.2) is 0 Å². The molecule has 0 radical (unpaired) electrons. The maximum absolute atomic E-state index is 3.53. The van der Waals surface area contributed by atoms with E-state index in [9.17, 15) is 0 Å². The van der Waals surface area contributed by atoms with Crippen molar-refractivity contribution in [1.29, 1.82) is 0 Å². The Hall–Kier alpha value is -0.820. The number of rotatable bonds is 4. The molecule has 0 bridgehead atoms. The average Bonchev–Trinajstić information content (AvgIpc) is 2.39. The van der Waals surface area contributed by atoms with Crippen LogP contribution >= 0.6 is 0 Å². The smallest absolute Gasteiger partial charge is 0.00957 e. The van der Waals surface area contributed by atoms with Crippen molar-refractivity contribution in [3.63, 3.8) is 0 Å². The summed E-state index contributed by atoms with van der Waals surface area (Å²) in [5, 5.41) is 3.53. The molecule has 0 saturated heterocycles. The average molecular weight is 245 g/mol. The van der Waals surface area contributed by atoms with Crippen LogP contribution in [-0.2, 0) is 6.42 Å². The molecular formula is C17H27N. The van der Waals surface area contributed by atoms with Gasteiger partial charge in [-0.3, -0.25) is 0 Å². The van der Waals surface area contributed by atoms with Crippen LogP contribution in [0.4, 0.5) is 0 Å². The number of nitrogens with one attached hydrogen (secondary N) is 1. The van der Waals surface area contributed by atoms with E-state index in [1.54, 1.807) is 0 Å². The highest BCUT2D eigenvalue weighted by molar-refractivity contribution is 5.16. The third-order valence-corrected chi connectivity index (χ3v) is 4.68. The van der Waals surface area contributed by atoms with Gasteiger partial charge in [-0.1, -0.05) is 44.2 Å². The molecule has 1 nitrogen and oxygen atoms in total. The van der Waals surface area contributed by atoms with Gasteiger partial charge in [0, 0.05) is 6.04 Å². The van der Waals surface area contributed by atoms with Crippen LogP contribution in [0.1, 0.15) is 38.7 Å². The molecule has 18 heavy (non-hydrogen) atoms. The van der Waals surface area contributed by atoms with Crippen molar-refractivity contribution >= 4 is 0 Å². The monoisotopic (exact) mass is 245 g/mol. The van der Waals surface area contributed by atoms with E-state index in [4.69, 9.17) is 0 Å². The fourth-order valence-electron chi connectivity index (χ4n) is 3.43. The lowest BCUT2D eigenvalue weighted by atomic mass is 9.72. The molecule has 3 atom stereocenters. The van der Waals surface area contributed by atoms with Crippen LogP contribution in [0.15, 0.2) is 30.3 Å². The highest BCUT2D eigenvalue weighted by atomic mass is 14.9. The Bertz CT molecular complexity index is 344. The largest absolute Gasteiger partial charge is 0.317 e. The summed E-state index contributed by atoms with van der Waals surface area (Å²) >= 11 is 0. The Morgan fingerprint density at radius 3 is 2.50 bits per heavy atom. The fraction of sp³-hybridized carbons (Fsp3) is 0.647. The van der Waals surface area contributed by atoms with Gasteiger partial charge < -0.3 is 5.32 Å². The molecule has 0 amide bonds. The summed E-state index contributed by atoms with van der Waals surface area (Å²) in [6.45, 7) is 4.76. The van der Waals surface area contributed by atoms with Crippen molar-refractivity contribution < 1.29 is 0 Å². The normalized spacial score (nSPS) is 28.6. The van der Waals surface area contributed by atoms with Crippen LogP contribution in [-0.4, -0.2) is 13.1 Å². The van der Waals surface area contributed by atoms with E-state index in [-0.39, 0.29) is 0 Å². The van der Waals surface area contributed by atoms with Gasteiger partial charge in [0.15, 0.2) is 0 Å². The summed E-state index contributed by atoms with van der Waals surface area (Å²) in [7, 11) is 2.12. The summed E-state index contributed by atoms with van der Waals surface area (Å²) < 4.78 is 0. The Morgan fingerprint density at radius 2 is 1.89 bits per heavy atom. The first kappa shape index (κ1) is 13.6. The molecule has 1 aliphatic rings. The van der Waals surface area contributed by atoms with Gasteiger partial charge in [0.2, 0.25) is 0 Å². The minimum Gasteiger partial charge on any atom is -0.317 e. The van der Waals surface area contributed by atoms with Crippen LogP contribution in [0, 0.1) is 17.8 Å². The van der Waals surface area contributed by atoms with E-state index in [0.29, 0.717) is 6.04 Å². The molecular weight excluding hydrogens is 218 g/mol. The summed E-state index contributed by atoms with van der Waals surface area (Å²) in [5.41, 5.74) is 1.49. The molecule has 0 aliphatic heterocycles. The standard InChI is InChI=1S/C17H27N/c1-13(2)15-9-10-17(18-3)16(12-15)11-14-7-5-4-6-8-14/h4-8,13,15-18H,9-12H2,1-3H3. The molecule has 0 aromatic heterocycles. The third-order valence-electron chi connectivity index (χ3n) is 4.68. The zero-order valence-corrected chi connectivity index (χ0v) is 12.0. The molecule has 100 valence electrons. The maximum atomic E-state index is 3.53. The molecule has 1 heteroatoms. The Balaban J connectivity index is 2.02. The molecule has 1 aromatic rings. The van der Waals surface area contributed by atoms with Gasteiger partial charge >= 0.3 is 0 Å². The first-order valence-electron chi connectivity index (χ1n) is 7.42. The number of hydrogen-bond acceptors (Lipinski definition) is 1. The lowest BCUT2D eigenvalue weighted by Gasteiger charge is -2.38. The second-order valence-corrected chi connectivity index (χ2v) is 6.16. The van der Waals surface area contributed by atoms with E-state index in [2.05, 4.69) is 56.5 Å². The van der Waals surface area contributed by atoms with Crippen molar-refractivity contribution in [2.75, 3.05) is 7.05 Å². The van der Waals surface area contributed by atoms with Crippen LogP contribution in [0.3, 0.4) is 0 Å². The van der Waals surface area contributed by atoms with Gasteiger partial charge in [0.25, 0.3) is 0 Å². The highest BCUT2D eigenvalue weighted by Gasteiger charge is 2.30. The molecule has 1 saturated carbocycles. The molecule has 1 aliphatic carbocycles. The predicted molar refractivity (Wildman–Crippen MR) is 78.7 cm³/mol. The van der Waals surface area contributed by atoms with Crippen molar-refractivity contribution in [3.05, 3.63) is 35.9 Å². The van der Waals surface area contributed by atoms with Crippen molar-refractivity contribution in [1.82, 2.24) is 5.32 Å². The van der Waals surface area contributed by atoms with Gasteiger partial charge in [0.1, 0.15) is 0 Å². The van der Waals surface area contributed by atoms with Crippen LogP contribution in [0.2, 0.25) is 0 Å². The summed E-state index contributed by atoms with van der Waals surface area (Å²) in [6, 6.07) is 11.7. The Morgan fingerprint density at radius 1 is 1.17 bits per heavy atom. The maximum Gasteiger partial charge on any atom is 0.00957 e. The predicted octanol–water partition coefficient (Wildman–Crippen LogP) is 3.89. The van der Waals surface area contributed by atoms with Gasteiger partial charge in [0.05, 0.1) is 0 Å². The molecule has 1 aromatic carbocycles. The zero-order valence-electron chi connectivity index (χ0n) is 12.0. The van der Waals surface area contributed by atoms with E-state index in [0.717, 1.165) is 17.8 Å². The Kier molecular flexibility index (Phi) is 4.82. The zero-order chi connectivity index (χ0) is 13.0. The van der Waals surface area contributed by atoms with Gasteiger partial charge in [-0.2, -0.15) is 0 Å². The van der Waals surface area contributed by atoms with Crippen LogP contribution in [0.5, 0.6) is 0 Å². The second kappa shape index (κ2) is 6.38. The van der Waals surface area contributed by atoms with E-state index >= 15 is 0 Å². The summed E-state index contributed by atoms with van der Waals surface area (Å²) in [4.78, 5) is 0. The van der Waals surface area contributed by atoms with E-state index in [1.807, 2.05) is 0 Å². The molecule has 2 rings (SSSR count). The molecule has 3 unspecified atom stereocenters. The molecule has 0 heterocycles. The minimum atomic E-state index is 0.709. The van der Waals surface area contributed by atoms with Gasteiger partial charge in [-0.05, 0) is 56.0 Å². The fourth-order valence-corrected chi connectivity index (χ4v) is 3.43. The van der Waals surface area contributed by atoms with E-state index < -0.39 is 0 Å². The van der Waals surface area contributed by atoms with E-state index in [1.165, 1.54) is 31.2 Å². The third kappa shape index (κ3) is 3.35.